The maximum absolute atomic E-state index is 9.22. The van der Waals surface area contributed by atoms with Crippen molar-refractivity contribution >= 4 is 34.6 Å². The molecule has 0 aliphatic carbocycles. The lowest BCUT2D eigenvalue weighted by molar-refractivity contribution is 0.881. The molecule has 3 aromatic rings. The first-order chi connectivity index (χ1) is 12.3. The SMILES string of the molecule is N#CC(=CNc1ccccc1SCc1ccc(Cl)cc1)c1nn[nH]n1. The van der Waals surface area contributed by atoms with Crippen molar-refractivity contribution in [2.45, 2.75) is 10.6 Å². The van der Waals surface area contributed by atoms with Crippen LogP contribution in [-0.2, 0) is 5.75 Å². The first-order valence-corrected chi connectivity index (χ1v) is 8.69. The zero-order valence-electron chi connectivity index (χ0n) is 13.0. The van der Waals surface area contributed by atoms with Gasteiger partial charge in [0.25, 0.3) is 0 Å². The number of thioether (sulfide) groups is 1. The molecule has 0 fully saturated rings. The first-order valence-electron chi connectivity index (χ1n) is 7.33. The molecule has 6 nitrogen and oxygen atoms in total. The van der Waals surface area contributed by atoms with Gasteiger partial charge < -0.3 is 5.32 Å². The minimum Gasteiger partial charge on any atom is -0.359 e. The van der Waals surface area contributed by atoms with Crippen LogP contribution in [0.1, 0.15) is 11.4 Å². The largest absolute Gasteiger partial charge is 0.359 e. The fourth-order valence-corrected chi connectivity index (χ4v) is 3.12. The molecule has 0 unspecified atom stereocenters. The number of nitriles is 1. The number of aromatic amines is 1. The van der Waals surface area contributed by atoms with Gasteiger partial charge in [-0.1, -0.05) is 35.9 Å². The van der Waals surface area contributed by atoms with Gasteiger partial charge in [-0.15, -0.1) is 22.0 Å². The number of para-hydroxylation sites is 1. The molecule has 0 atom stereocenters. The third kappa shape index (κ3) is 4.59. The van der Waals surface area contributed by atoms with E-state index >= 15 is 0 Å². The van der Waals surface area contributed by atoms with Crippen LogP contribution in [0.25, 0.3) is 5.57 Å². The fourth-order valence-electron chi connectivity index (χ4n) is 2.03. The van der Waals surface area contributed by atoms with E-state index in [9.17, 15) is 5.26 Å². The van der Waals surface area contributed by atoms with Crippen molar-refractivity contribution in [1.29, 1.82) is 5.26 Å². The lowest BCUT2D eigenvalue weighted by atomic mass is 10.2. The van der Waals surface area contributed by atoms with Gasteiger partial charge in [-0.25, -0.2) is 0 Å². The highest BCUT2D eigenvalue weighted by molar-refractivity contribution is 7.98. The predicted octanol–water partition coefficient (Wildman–Crippen LogP) is 4.12. The molecule has 1 aromatic heterocycles. The lowest BCUT2D eigenvalue weighted by Crippen LogP contribution is -1.94. The molecule has 3 rings (SSSR count). The number of nitrogens with one attached hydrogen (secondary N) is 2. The highest BCUT2D eigenvalue weighted by Crippen LogP contribution is 2.30. The van der Waals surface area contributed by atoms with Crippen molar-refractivity contribution in [3.8, 4) is 6.07 Å². The molecule has 0 saturated heterocycles. The Kier molecular flexibility index (Phi) is 5.67. The summed E-state index contributed by atoms with van der Waals surface area (Å²) in [6, 6.07) is 17.7. The summed E-state index contributed by atoms with van der Waals surface area (Å²) in [4.78, 5) is 1.07. The number of halogens is 1. The third-order valence-corrected chi connectivity index (χ3v) is 4.67. The topological polar surface area (TPSA) is 90.3 Å². The standard InChI is InChI=1S/C17H13ClN6S/c18-14-7-5-12(6-8-14)11-25-16-4-2-1-3-15(16)20-10-13(9-19)17-21-23-24-22-17/h1-8,10,20H,11H2,(H,21,22,23,24). The molecule has 0 aliphatic rings. The van der Waals surface area contributed by atoms with E-state index in [0.717, 1.165) is 21.4 Å². The van der Waals surface area contributed by atoms with Gasteiger partial charge in [0, 0.05) is 21.9 Å². The molecular formula is C17H13ClN6S. The second-order valence-corrected chi connectivity index (χ2v) is 6.41. The van der Waals surface area contributed by atoms with Gasteiger partial charge in [-0.3, -0.25) is 0 Å². The Hall–Kier alpha value is -2.82. The number of allylic oxidation sites excluding steroid dienone is 1. The van der Waals surface area contributed by atoms with E-state index in [0.29, 0.717) is 5.57 Å². The number of aromatic nitrogens is 4. The number of nitrogens with zero attached hydrogens (tertiary/aromatic N) is 4. The average Bonchev–Trinajstić information content (AvgIpc) is 3.17. The van der Waals surface area contributed by atoms with Crippen molar-refractivity contribution in [3.63, 3.8) is 0 Å². The number of tetrazole rings is 1. The van der Waals surface area contributed by atoms with Crippen molar-refractivity contribution < 1.29 is 0 Å². The summed E-state index contributed by atoms with van der Waals surface area (Å²) >= 11 is 7.61. The minimum absolute atomic E-state index is 0.251. The number of hydrogen-bond donors (Lipinski definition) is 2. The summed E-state index contributed by atoms with van der Waals surface area (Å²) in [5, 5.41) is 26.5. The summed E-state index contributed by atoms with van der Waals surface area (Å²) in [6.45, 7) is 0. The lowest BCUT2D eigenvalue weighted by Gasteiger charge is -2.09. The zero-order valence-corrected chi connectivity index (χ0v) is 14.6. The van der Waals surface area contributed by atoms with Crippen molar-refractivity contribution in [2.24, 2.45) is 0 Å². The van der Waals surface area contributed by atoms with Gasteiger partial charge >= 0.3 is 0 Å². The zero-order chi connectivity index (χ0) is 17.5. The van der Waals surface area contributed by atoms with E-state index in [1.165, 1.54) is 5.56 Å². The second-order valence-electron chi connectivity index (χ2n) is 4.96. The molecule has 0 amide bonds. The summed E-state index contributed by atoms with van der Waals surface area (Å²) in [5.41, 5.74) is 2.38. The molecule has 1 heterocycles. The van der Waals surface area contributed by atoms with E-state index in [1.807, 2.05) is 48.5 Å². The smallest absolute Gasteiger partial charge is 0.216 e. The summed E-state index contributed by atoms with van der Waals surface area (Å²) in [6.07, 6.45) is 1.58. The maximum Gasteiger partial charge on any atom is 0.216 e. The van der Waals surface area contributed by atoms with Crippen LogP contribution in [0.2, 0.25) is 5.02 Å². The molecule has 0 bridgehead atoms. The monoisotopic (exact) mass is 368 g/mol. The van der Waals surface area contributed by atoms with Crippen LogP contribution < -0.4 is 5.32 Å². The van der Waals surface area contributed by atoms with E-state index in [-0.39, 0.29) is 5.82 Å². The van der Waals surface area contributed by atoms with Crippen LogP contribution in [0.3, 0.4) is 0 Å². The van der Waals surface area contributed by atoms with Gasteiger partial charge in [0.1, 0.15) is 11.6 Å². The van der Waals surface area contributed by atoms with Crippen LogP contribution >= 0.6 is 23.4 Å². The molecule has 2 aromatic carbocycles. The van der Waals surface area contributed by atoms with Gasteiger partial charge in [-0.2, -0.15) is 10.5 Å². The minimum atomic E-state index is 0.251. The molecule has 8 heteroatoms. The Labute approximate surface area is 153 Å². The van der Waals surface area contributed by atoms with E-state index in [2.05, 4.69) is 32.0 Å². The van der Waals surface area contributed by atoms with Gasteiger partial charge in [0.2, 0.25) is 5.82 Å². The molecule has 124 valence electrons. The van der Waals surface area contributed by atoms with E-state index < -0.39 is 0 Å². The normalized spacial score (nSPS) is 11.1. The van der Waals surface area contributed by atoms with Crippen LogP contribution in [0, 0.1) is 11.3 Å². The Morgan fingerprint density at radius 1 is 1.24 bits per heavy atom. The van der Waals surface area contributed by atoms with Gasteiger partial charge in [-0.05, 0) is 35.0 Å². The maximum atomic E-state index is 9.22. The molecule has 25 heavy (non-hydrogen) atoms. The van der Waals surface area contributed by atoms with Gasteiger partial charge in [0.05, 0.1) is 5.69 Å². The molecule has 0 spiro atoms. The van der Waals surface area contributed by atoms with E-state index in [4.69, 9.17) is 11.6 Å². The highest BCUT2D eigenvalue weighted by Gasteiger charge is 2.07. The Morgan fingerprint density at radius 3 is 2.76 bits per heavy atom. The number of rotatable bonds is 6. The molecule has 2 N–H and O–H groups in total. The highest BCUT2D eigenvalue weighted by atomic mass is 35.5. The van der Waals surface area contributed by atoms with Crippen molar-refractivity contribution in [1.82, 2.24) is 20.6 Å². The van der Waals surface area contributed by atoms with Gasteiger partial charge in [0.15, 0.2) is 0 Å². The Morgan fingerprint density at radius 2 is 2.04 bits per heavy atom. The summed E-state index contributed by atoms with van der Waals surface area (Å²) < 4.78 is 0. The van der Waals surface area contributed by atoms with Crippen molar-refractivity contribution in [3.05, 3.63) is 71.1 Å². The quantitative estimate of drug-likeness (QED) is 0.502. The molecular weight excluding hydrogens is 356 g/mol. The van der Waals surface area contributed by atoms with Crippen LogP contribution in [0.15, 0.2) is 59.6 Å². The van der Waals surface area contributed by atoms with Crippen molar-refractivity contribution in [2.75, 3.05) is 5.32 Å². The van der Waals surface area contributed by atoms with Crippen LogP contribution in [-0.4, -0.2) is 20.6 Å². The molecule has 0 aliphatic heterocycles. The fraction of sp³-hybridized carbons (Fsp3) is 0.0588. The summed E-state index contributed by atoms with van der Waals surface area (Å²) in [5.74, 6) is 1.07. The van der Waals surface area contributed by atoms with Crippen LogP contribution in [0.5, 0.6) is 0 Å². The number of hydrogen-bond acceptors (Lipinski definition) is 6. The Bertz CT molecular complexity index is 900. The average molecular weight is 369 g/mol. The molecule has 0 radical (unpaired) electrons. The number of benzene rings is 2. The second kappa shape index (κ2) is 8.33. The Balaban J connectivity index is 1.72. The van der Waals surface area contributed by atoms with E-state index in [1.54, 1.807) is 18.0 Å². The third-order valence-electron chi connectivity index (χ3n) is 3.27. The summed E-state index contributed by atoms with van der Waals surface area (Å²) in [7, 11) is 0. The number of anilines is 1. The van der Waals surface area contributed by atoms with Crippen LogP contribution in [0.4, 0.5) is 5.69 Å². The number of H-pyrrole nitrogens is 1. The first kappa shape index (κ1) is 17.0. The molecule has 0 saturated carbocycles. The predicted molar refractivity (Wildman–Crippen MR) is 98.8 cm³/mol.